The van der Waals surface area contributed by atoms with Gasteiger partial charge in [0.25, 0.3) is 0 Å². The highest BCUT2D eigenvalue weighted by Crippen LogP contribution is 2.18. The third-order valence-electron chi connectivity index (χ3n) is 1.98. The largest absolute Gasteiger partial charge is 0.274 e. The van der Waals surface area contributed by atoms with Crippen LogP contribution < -0.4 is 5.43 Å². The summed E-state index contributed by atoms with van der Waals surface area (Å²) in [5, 5.41) is 4.50. The maximum absolute atomic E-state index is 10.7. The molecule has 1 aromatic carbocycles. The van der Waals surface area contributed by atoms with Crippen LogP contribution >= 0.6 is 11.8 Å². The van der Waals surface area contributed by atoms with E-state index >= 15 is 0 Å². The molecule has 0 bridgehead atoms. The first-order valence-electron chi connectivity index (χ1n) is 4.86. The molecule has 2 rings (SSSR count). The van der Waals surface area contributed by atoms with Gasteiger partial charge in [-0.25, -0.2) is 10.4 Å². The lowest BCUT2D eigenvalue weighted by atomic mass is 10.1. The Hall–Kier alpha value is -1.62. The fraction of sp³-hybridized carbons (Fsp3) is 0.182. The number of amides is 1. The number of rotatable bonds is 2. The van der Waals surface area contributed by atoms with Crippen LogP contribution in [0.2, 0.25) is 0 Å². The van der Waals surface area contributed by atoms with E-state index in [0.29, 0.717) is 5.17 Å². The van der Waals surface area contributed by atoms with Crippen LogP contribution in [0, 0.1) is 0 Å². The number of benzene rings is 1. The second-order valence-electron chi connectivity index (χ2n) is 3.28. The quantitative estimate of drug-likeness (QED) is 0.789. The van der Waals surface area contributed by atoms with Gasteiger partial charge in [-0.2, -0.15) is 0 Å². The third-order valence-corrected chi connectivity index (χ3v) is 2.84. The van der Waals surface area contributed by atoms with Crippen molar-refractivity contribution in [2.24, 2.45) is 10.1 Å². The minimum absolute atomic E-state index is 0.184. The van der Waals surface area contributed by atoms with Crippen molar-refractivity contribution in [2.75, 3.05) is 5.75 Å². The van der Waals surface area contributed by atoms with Crippen LogP contribution in [-0.2, 0) is 4.79 Å². The van der Waals surface area contributed by atoms with Crippen molar-refractivity contribution in [3.63, 3.8) is 0 Å². The molecular formula is C11H11N3OS. The molecule has 0 unspecified atom stereocenters. The van der Waals surface area contributed by atoms with Gasteiger partial charge in [0.15, 0.2) is 0 Å². The summed E-state index contributed by atoms with van der Waals surface area (Å²) in [5.41, 5.74) is 4.48. The van der Waals surface area contributed by atoms with E-state index in [9.17, 15) is 4.79 Å². The van der Waals surface area contributed by atoms with Gasteiger partial charge in [-0.1, -0.05) is 42.1 Å². The van der Waals surface area contributed by atoms with Gasteiger partial charge >= 0.3 is 0 Å². The first-order chi connectivity index (χ1) is 7.75. The van der Waals surface area contributed by atoms with Crippen LogP contribution in [0.15, 0.2) is 40.4 Å². The lowest BCUT2D eigenvalue weighted by molar-refractivity contribution is -0.118. The summed E-state index contributed by atoms with van der Waals surface area (Å²) in [7, 11) is 0. The standard InChI is InChI=1S/C11H11N3OS/c1-8(15)13-14-11-12-10(7-16-11)9-5-3-2-4-6-9/h2-6H,7H2,1H3,(H,13,15)/b14-11+. The summed E-state index contributed by atoms with van der Waals surface area (Å²) in [5.74, 6) is 0.610. The average Bonchev–Trinajstić information content (AvgIpc) is 2.76. The van der Waals surface area contributed by atoms with Crippen LogP contribution in [0.25, 0.3) is 0 Å². The second kappa shape index (κ2) is 4.94. The van der Waals surface area contributed by atoms with Crippen LogP contribution in [0.5, 0.6) is 0 Å². The average molecular weight is 233 g/mol. The molecule has 0 saturated heterocycles. The van der Waals surface area contributed by atoms with E-state index < -0.39 is 0 Å². The van der Waals surface area contributed by atoms with E-state index in [2.05, 4.69) is 15.5 Å². The number of aliphatic imine (C=N–C) groups is 1. The Bertz CT molecular complexity index is 454. The zero-order chi connectivity index (χ0) is 11.4. The van der Waals surface area contributed by atoms with Gasteiger partial charge < -0.3 is 0 Å². The summed E-state index contributed by atoms with van der Waals surface area (Å²) in [6.07, 6.45) is 0. The van der Waals surface area contributed by atoms with E-state index in [4.69, 9.17) is 0 Å². The fourth-order valence-corrected chi connectivity index (χ4v) is 2.06. The summed E-state index contributed by atoms with van der Waals surface area (Å²) < 4.78 is 0. The topological polar surface area (TPSA) is 53.8 Å². The van der Waals surface area contributed by atoms with Gasteiger partial charge in [0.1, 0.15) is 0 Å². The Morgan fingerprint density at radius 1 is 1.44 bits per heavy atom. The van der Waals surface area contributed by atoms with Crippen molar-refractivity contribution >= 4 is 28.5 Å². The van der Waals surface area contributed by atoms with Crippen molar-refractivity contribution in [2.45, 2.75) is 6.92 Å². The number of carbonyl (C=O) groups excluding carboxylic acids is 1. The van der Waals surface area contributed by atoms with Crippen molar-refractivity contribution in [3.8, 4) is 0 Å². The molecule has 1 aromatic rings. The molecular weight excluding hydrogens is 222 g/mol. The van der Waals surface area contributed by atoms with Gasteiger partial charge in [0, 0.05) is 12.7 Å². The Labute approximate surface area is 97.8 Å². The Kier molecular flexibility index (Phi) is 3.36. The number of nitrogens with one attached hydrogen (secondary N) is 1. The van der Waals surface area contributed by atoms with Gasteiger partial charge in [-0.15, -0.1) is 5.10 Å². The second-order valence-corrected chi connectivity index (χ2v) is 4.22. The molecule has 1 N–H and O–H groups in total. The summed E-state index contributed by atoms with van der Waals surface area (Å²) in [6.45, 7) is 1.42. The summed E-state index contributed by atoms with van der Waals surface area (Å²) >= 11 is 1.52. The van der Waals surface area contributed by atoms with E-state index in [1.165, 1.54) is 18.7 Å². The Morgan fingerprint density at radius 2 is 2.19 bits per heavy atom. The van der Waals surface area contributed by atoms with E-state index in [1.54, 1.807) is 0 Å². The minimum Gasteiger partial charge on any atom is -0.274 e. The number of hydrazone groups is 1. The normalized spacial score (nSPS) is 17.3. The lowest BCUT2D eigenvalue weighted by Gasteiger charge is -1.96. The number of nitrogens with zero attached hydrogens (tertiary/aromatic N) is 2. The first kappa shape index (κ1) is 10.9. The Balaban J connectivity index is 2.12. The number of thioether (sulfide) groups is 1. The molecule has 1 aliphatic heterocycles. The molecule has 0 fully saturated rings. The molecule has 82 valence electrons. The predicted octanol–water partition coefficient (Wildman–Crippen LogP) is 1.63. The number of carbonyl (C=O) groups is 1. The molecule has 5 heteroatoms. The van der Waals surface area contributed by atoms with Gasteiger partial charge in [0.05, 0.1) is 5.71 Å². The van der Waals surface area contributed by atoms with E-state index in [-0.39, 0.29) is 5.91 Å². The van der Waals surface area contributed by atoms with Crippen LogP contribution in [0.4, 0.5) is 0 Å². The van der Waals surface area contributed by atoms with Crippen LogP contribution in [0.1, 0.15) is 12.5 Å². The summed E-state index contributed by atoms with van der Waals surface area (Å²) in [6, 6.07) is 9.96. The summed E-state index contributed by atoms with van der Waals surface area (Å²) in [4.78, 5) is 15.0. The highest BCUT2D eigenvalue weighted by Gasteiger charge is 2.14. The lowest BCUT2D eigenvalue weighted by Crippen LogP contribution is -2.13. The van der Waals surface area contributed by atoms with Crippen molar-refractivity contribution in [1.82, 2.24) is 5.43 Å². The van der Waals surface area contributed by atoms with Crippen molar-refractivity contribution in [3.05, 3.63) is 35.9 Å². The van der Waals surface area contributed by atoms with Gasteiger partial charge in [-0.3, -0.25) is 4.79 Å². The van der Waals surface area contributed by atoms with Gasteiger partial charge in [-0.05, 0) is 5.56 Å². The number of hydrogen-bond donors (Lipinski definition) is 1. The highest BCUT2D eigenvalue weighted by atomic mass is 32.2. The molecule has 0 radical (unpaired) electrons. The molecule has 0 spiro atoms. The van der Waals surface area contributed by atoms with E-state index in [0.717, 1.165) is 17.0 Å². The number of hydrogen-bond acceptors (Lipinski definition) is 3. The van der Waals surface area contributed by atoms with Crippen molar-refractivity contribution < 1.29 is 4.79 Å². The third kappa shape index (κ3) is 2.70. The predicted molar refractivity (Wildman–Crippen MR) is 66.7 cm³/mol. The monoisotopic (exact) mass is 233 g/mol. The molecule has 0 saturated carbocycles. The molecule has 0 atom stereocenters. The van der Waals surface area contributed by atoms with Crippen molar-refractivity contribution in [1.29, 1.82) is 0 Å². The van der Waals surface area contributed by atoms with Crippen LogP contribution in [-0.4, -0.2) is 22.5 Å². The molecule has 0 aromatic heterocycles. The minimum atomic E-state index is -0.184. The van der Waals surface area contributed by atoms with E-state index in [1.807, 2.05) is 30.3 Å². The number of amidine groups is 1. The molecule has 1 heterocycles. The zero-order valence-electron chi connectivity index (χ0n) is 8.80. The molecule has 1 aliphatic rings. The zero-order valence-corrected chi connectivity index (χ0v) is 9.62. The highest BCUT2D eigenvalue weighted by molar-refractivity contribution is 8.15. The molecule has 16 heavy (non-hydrogen) atoms. The Morgan fingerprint density at radius 3 is 2.88 bits per heavy atom. The maximum atomic E-state index is 10.7. The molecule has 0 aliphatic carbocycles. The first-order valence-corrected chi connectivity index (χ1v) is 5.84. The smallest absolute Gasteiger partial charge is 0.237 e. The van der Waals surface area contributed by atoms with Gasteiger partial charge in [0.2, 0.25) is 11.1 Å². The molecule has 4 nitrogen and oxygen atoms in total. The SMILES string of the molecule is CC(=O)N/N=C1\N=C(c2ccccc2)CS1. The van der Waals surface area contributed by atoms with Crippen LogP contribution in [0.3, 0.4) is 0 Å². The molecule has 1 amide bonds. The maximum Gasteiger partial charge on any atom is 0.237 e. The fourth-order valence-electron chi connectivity index (χ4n) is 1.28.